The Kier molecular flexibility index (Phi) is 7.02. The number of ether oxygens (including phenoxy) is 1. The number of hydrogen-bond acceptors (Lipinski definition) is 4. The molecule has 27 heavy (non-hydrogen) atoms. The van der Waals surface area contributed by atoms with E-state index in [1.807, 2.05) is 31.2 Å². The standard InChI is InChI=1S/C19H23BrN2O4S/c1-13-10-17(27(24,25)22(3)4)8-9-18(13)26-12-19(23)21-14(2)15-6-5-7-16(20)11-15/h5-11,14H,12H2,1-4H3,(H,21,23). The van der Waals surface area contributed by atoms with E-state index in [9.17, 15) is 13.2 Å². The van der Waals surface area contributed by atoms with Crippen LogP contribution in [0.25, 0.3) is 0 Å². The van der Waals surface area contributed by atoms with Gasteiger partial charge < -0.3 is 10.1 Å². The van der Waals surface area contributed by atoms with Gasteiger partial charge in [-0.25, -0.2) is 12.7 Å². The van der Waals surface area contributed by atoms with Crippen molar-refractivity contribution in [3.63, 3.8) is 0 Å². The van der Waals surface area contributed by atoms with Gasteiger partial charge in [0, 0.05) is 18.6 Å². The maximum atomic E-state index is 12.2. The zero-order valence-corrected chi connectivity index (χ0v) is 18.1. The molecule has 0 spiro atoms. The number of hydrogen-bond donors (Lipinski definition) is 1. The van der Waals surface area contributed by atoms with Crippen LogP contribution in [0, 0.1) is 6.92 Å². The monoisotopic (exact) mass is 454 g/mol. The molecule has 6 nitrogen and oxygen atoms in total. The van der Waals surface area contributed by atoms with Gasteiger partial charge in [-0.1, -0.05) is 28.1 Å². The lowest BCUT2D eigenvalue weighted by Gasteiger charge is -2.16. The van der Waals surface area contributed by atoms with Crippen molar-refractivity contribution in [3.05, 3.63) is 58.1 Å². The molecule has 0 aromatic heterocycles. The minimum absolute atomic E-state index is 0.154. The minimum atomic E-state index is -3.50. The molecule has 2 aromatic rings. The topological polar surface area (TPSA) is 75.7 Å². The fourth-order valence-electron chi connectivity index (χ4n) is 2.44. The number of carbonyl (C=O) groups excluding carboxylic acids is 1. The second-order valence-corrected chi connectivity index (χ2v) is 9.42. The molecule has 0 aliphatic heterocycles. The van der Waals surface area contributed by atoms with Crippen LogP contribution in [0.4, 0.5) is 0 Å². The summed E-state index contributed by atoms with van der Waals surface area (Å²) in [6, 6.07) is 12.1. The van der Waals surface area contributed by atoms with Gasteiger partial charge in [-0.3, -0.25) is 4.79 Å². The largest absolute Gasteiger partial charge is 0.484 e. The Labute approximate surface area is 168 Å². The Morgan fingerprint density at radius 2 is 1.93 bits per heavy atom. The second kappa shape index (κ2) is 8.86. The Balaban J connectivity index is 1.99. The number of nitrogens with one attached hydrogen (secondary N) is 1. The number of rotatable bonds is 7. The summed E-state index contributed by atoms with van der Waals surface area (Å²) in [6.07, 6.45) is 0. The maximum absolute atomic E-state index is 12.2. The van der Waals surface area contributed by atoms with E-state index < -0.39 is 10.0 Å². The maximum Gasteiger partial charge on any atom is 0.258 e. The highest BCUT2D eigenvalue weighted by atomic mass is 79.9. The van der Waals surface area contributed by atoms with E-state index in [4.69, 9.17) is 4.74 Å². The van der Waals surface area contributed by atoms with Gasteiger partial charge in [0.25, 0.3) is 5.91 Å². The molecule has 2 rings (SSSR count). The van der Waals surface area contributed by atoms with Gasteiger partial charge in [0.2, 0.25) is 10.0 Å². The summed E-state index contributed by atoms with van der Waals surface area (Å²) >= 11 is 3.41. The molecule has 0 bridgehead atoms. The molecule has 146 valence electrons. The lowest BCUT2D eigenvalue weighted by Crippen LogP contribution is -2.31. The van der Waals surface area contributed by atoms with E-state index in [1.54, 1.807) is 13.0 Å². The van der Waals surface area contributed by atoms with E-state index in [1.165, 1.54) is 26.2 Å². The number of amides is 1. The zero-order valence-electron chi connectivity index (χ0n) is 15.7. The molecule has 0 saturated heterocycles. The Morgan fingerprint density at radius 1 is 1.22 bits per heavy atom. The molecule has 8 heteroatoms. The molecule has 1 unspecified atom stereocenters. The first-order chi connectivity index (χ1) is 12.6. The lowest BCUT2D eigenvalue weighted by molar-refractivity contribution is -0.123. The third kappa shape index (κ3) is 5.54. The molecule has 2 aromatic carbocycles. The molecule has 0 saturated carbocycles. The molecular weight excluding hydrogens is 432 g/mol. The van der Waals surface area contributed by atoms with Gasteiger partial charge in [-0.2, -0.15) is 0 Å². The normalized spacial score (nSPS) is 12.7. The zero-order chi connectivity index (χ0) is 20.2. The van der Waals surface area contributed by atoms with Crippen molar-refractivity contribution in [2.45, 2.75) is 24.8 Å². The van der Waals surface area contributed by atoms with E-state index in [2.05, 4.69) is 21.2 Å². The van der Waals surface area contributed by atoms with Crippen LogP contribution in [0.2, 0.25) is 0 Å². The first kappa shape index (κ1) is 21.4. The number of halogens is 1. The molecule has 1 amide bonds. The van der Waals surface area contributed by atoms with Crippen LogP contribution in [0.1, 0.15) is 24.1 Å². The highest BCUT2D eigenvalue weighted by molar-refractivity contribution is 9.10. The van der Waals surface area contributed by atoms with Crippen molar-refractivity contribution >= 4 is 31.9 Å². The van der Waals surface area contributed by atoms with E-state index in [0.717, 1.165) is 14.3 Å². The van der Waals surface area contributed by atoms with Gasteiger partial charge in [-0.05, 0) is 55.3 Å². The summed E-state index contributed by atoms with van der Waals surface area (Å²) in [5.41, 5.74) is 1.62. The smallest absolute Gasteiger partial charge is 0.258 e. The first-order valence-corrected chi connectivity index (χ1v) is 10.6. The molecule has 0 aliphatic rings. The SMILES string of the molecule is Cc1cc(S(=O)(=O)N(C)C)ccc1OCC(=O)NC(C)c1cccc(Br)c1. The number of benzene rings is 2. The highest BCUT2D eigenvalue weighted by Gasteiger charge is 2.18. The summed E-state index contributed by atoms with van der Waals surface area (Å²) < 4.78 is 32.0. The van der Waals surface area contributed by atoms with Gasteiger partial charge in [0.15, 0.2) is 6.61 Å². The Morgan fingerprint density at radius 3 is 2.52 bits per heavy atom. The average molecular weight is 455 g/mol. The van der Waals surface area contributed by atoms with Crippen LogP contribution in [0.5, 0.6) is 5.75 Å². The van der Waals surface area contributed by atoms with E-state index >= 15 is 0 Å². The fourth-order valence-corrected chi connectivity index (χ4v) is 3.85. The number of carbonyl (C=O) groups is 1. The van der Waals surface area contributed by atoms with Gasteiger partial charge in [0.1, 0.15) is 5.75 Å². The van der Waals surface area contributed by atoms with Crippen molar-refractivity contribution < 1.29 is 17.9 Å². The number of nitrogens with zero attached hydrogens (tertiary/aromatic N) is 1. The molecule has 0 heterocycles. The van der Waals surface area contributed by atoms with Gasteiger partial charge in [-0.15, -0.1) is 0 Å². The van der Waals surface area contributed by atoms with E-state index in [0.29, 0.717) is 11.3 Å². The van der Waals surface area contributed by atoms with Crippen LogP contribution in [-0.2, 0) is 14.8 Å². The number of aryl methyl sites for hydroxylation is 1. The molecule has 1 atom stereocenters. The van der Waals surface area contributed by atoms with Crippen molar-refractivity contribution in [1.82, 2.24) is 9.62 Å². The second-order valence-electron chi connectivity index (χ2n) is 6.35. The molecule has 1 N–H and O–H groups in total. The summed E-state index contributed by atoms with van der Waals surface area (Å²) in [6.45, 7) is 3.48. The fraction of sp³-hybridized carbons (Fsp3) is 0.316. The van der Waals surface area contributed by atoms with Gasteiger partial charge in [0.05, 0.1) is 10.9 Å². The summed E-state index contributed by atoms with van der Waals surface area (Å²) in [4.78, 5) is 12.3. The van der Waals surface area contributed by atoms with Crippen LogP contribution < -0.4 is 10.1 Å². The van der Waals surface area contributed by atoms with Crippen molar-refractivity contribution in [3.8, 4) is 5.75 Å². The average Bonchev–Trinajstić information content (AvgIpc) is 2.60. The van der Waals surface area contributed by atoms with Crippen LogP contribution in [0.15, 0.2) is 51.8 Å². The molecule has 0 radical (unpaired) electrons. The van der Waals surface area contributed by atoms with Crippen molar-refractivity contribution in [1.29, 1.82) is 0 Å². The third-order valence-electron chi connectivity index (χ3n) is 4.01. The Hall–Kier alpha value is -1.90. The van der Waals surface area contributed by atoms with Crippen LogP contribution in [0.3, 0.4) is 0 Å². The molecule has 0 aliphatic carbocycles. The minimum Gasteiger partial charge on any atom is -0.484 e. The highest BCUT2D eigenvalue weighted by Crippen LogP contribution is 2.23. The van der Waals surface area contributed by atoms with Gasteiger partial charge >= 0.3 is 0 Å². The quantitative estimate of drug-likeness (QED) is 0.696. The predicted octanol–water partition coefficient (Wildman–Crippen LogP) is 3.26. The molecule has 0 fully saturated rings. The lowest BCUT2D eigenvalue weighted by atomic mass is 10.1. The third-order valence-corrected chi connectivity index (χ3v) is 6.31. The van der Waals surface area contributed by atoms with E-state index in [-0.39, 0.29) is 23.5 Å². The summed E-state index contributed by atoms with van der Waals surface area (Å²) in [7, 11) is -0.547. The van der Waals surface area contributed by atoms with Crippen molar-refractivity contribution in [2.75, 3.05) is 20.7 Å². The van der Waals surface area contributed by atoms with Crippen LogP contribution in [-0.4, -0.2) is 39.3 Å². The van der Waals surface area contributed by atoms with Crippen molar-refractivity contribution in [2.24, 2.45) is 0 Å². The Bertz CT molecular complexity index is 929. The summed E-state index contributed by atoms with van der Waals surface area (Å²) in [5, 5.41) is 2.88. The predicted molar refractivity (Wildman–Crippen MR) is 108 cm³/mol. The first-order valence-electron chi connectivity index (χ1n) is 8.32. The molecular formula is C19H23BrN2O4S. The number of sulfonamides is 1. The summed E-state index contributed by atoms with van der Waals surface area (Å²) in [5.74, 6) is 0.213. The van der Waals surface area contributed by atoms with Crippen LogP contribution >= 0.6 is 15.9 Å².